The van der Waals surface area contributed by atoms with E-state index in [0.717, 1.165) is 12.1 Å². The first-order valence-electron chi connectivity index (χ1n) is 4.32. The molecular weight excluding hydrogens is 148 g/mol. The summed E-state index contributed by atoms with van der Waals surface area (Å²) in [5, 5.41) is 0. The Labute approximate surface area is 76.3 Å². The van der Waals surface area contributed by atoms with Crippen molar-refractivity contribution in [3.63, 3.8) is 0 Å². The van der Waals surface area contributed by atoms with Crippen LogP contribution in [-0.2, 0) is 0 Å². The molecule has 0 unspecified atom stereocenters. The maximum Gasteiger partial charge on any atom is 0.0133 e. The molecule has 0 saturated heterocycles. The van der Waals surface area contributed by atoms with E-state index in [-0.39, 0.29) is 0 Å². The van der Waals surface area contributed by atoms with E-state index in [2.05, 4.69) is 6.92 Å². The van der Waals surface area contributed by atoms with E-state index in [1.807, 2.05) is 32.9 Å². The number of hydrogen-bond acceptors (Lipinski definition) is 2. The summed E-state index contributed by atoms with van der Waals surface area (Å²) in [5.41, 5.74) is 12.6. The molecule has 0 aliphatic heterocycles. The molecule has 0 saturated carbocycles. The van der Waals surface area contributed by atoms with E-state index in [0.29, 0.717) is 6.54 Å². The molecule has 0 amide bonds. The highest BCUT2D eigenvalue weighted by Crippen LogP contribution is 1.82. The zero-order valence-electron chi connectivity index (χ0n) is 8.72. The average molecular weight is 170 g/mol. The lowest BCUT2D eigenvalue weighted by Gasteiger charge is -1.85. The lowest BCUT2D eigenvalue weighted by molar-refractivity contribution is 1.13. The Bertz CT molecular complexity index is 142. The van der Waals surface area contributed by atoms with Crippen LogP contribution in [0.4, 0.5) is 0 Å². The maximum absolute atomic E-state index is 5.26. The van der Waals surface area contributed by atoms with Gasteiger partial charge in [-0.25, -0.2) is 0 Å². The zero-order valence-corrected chi connectivity index (χ0v) is 8.72. The molecule has 0 atom stereocenters. The van der Waals surface area contributed by atoms with Gasteiger partial charge in [-0.2, -0.15) is 0 Å². The summed E-state index contributed by atoms with van der Waals surface area (Å²) in [5.74, 6) is 0. The van der Waals surface area contributed by atoms with Crippen LogP contribution in [0.15, 0.2) is 23.4 Å². The van der Waals surface area contributed by atoms with Gasteiger partial charge in [-0.05, 0) is 27.2 Å². The molecule has 0 radical (unpaired) electrons. The molecule has 2 nitrogen and oxygen atoms in total. The highest BCUT2D eigenvalue weighted by molar-refractivity contribution is 4.96. The van der Waals surface area contributed by atoms with Gasteiger partial charge in [0.05, 0.1) is 0 Å². The summed E-state index contributed by atoms with van der Waals surface area (Å²) in [6, 6.07) is 0. The third-order valence-electron chi connectivity index (χ3n) is 1.34. The van der Waals surface area contributed by atoms with Gasteiger partial charge in [-0.3, -0.25) is 0 Å². The molecule has 0 aromatic heterocycles. The van der Waals surface area contributed by atoms with Gasteiger partial charge in [0, 0.05) is 12.2 Å². The minimum absolute atomic E-state index is 0.691. The highest BCUT2D eigenvalue weighted by Gasteiger charge is 1.73. The molecule has 2 heteroatoms. The second kappa shape index (κ2) is 10.2. The van der Waals surface area contributed by atoms with Crippen LogP contribution < -0.4 is 11.5 Å². The van der Waals surface area contributed by atoms with Crippen molar-refractivity contribution in [2.45, 2.75) is 34.1 Å². The van der Waals surface area contributed by atoms with Crippen molar-refractivity contribution >= 4 is 0 Å². The van der Waals surface area contributed by atoms with Crippen LogP contribution in [0.25, 0.3) is 0 Å². The minimum Gasteiger partial charge on any atom is -0.403 e. The predicted octanol–water partition coefficient (Wildman–Crippen LogP) is 2.17. The Morgan fingerprint density at radius 2 is 1.83 bits per heavy atom. The summed E-state index contributed by atoms with van der Waals surface area (Å²) >= 11 is 0. The molecule has 12 heavy (non-hydrogen) atoms. The number of hydrogen-bond donors (Lipinski definition) is 2. The number of nitrogens with two attached hydrogens (primary N) is 2. The van der Waals surface area contributed by atoms with E-state index < -0.39 is 0 Å². The molecule has 0 aromatic rings. The number of rotatable bonds is 2. The van der Waals surface area contributed by atoms with E-state index in [4.69, 9.17) is 11.5 Å². The molecule has 0 spiro atoms. The molecule has 0 aliphatic rings. The first kappa shape index (κ1) is 13.8. The molecule has 0 rings (SSSR count). The Morgan fingerprint density at radius 3 is 1.83 bits per heavy atom. The molecular formula is C10H22N2. The summed E-state index contributed by atoms with van der Waals surface area (Å²) in [6.45, 7) is 8.65. The van der Waals surface area contributed by atoms with Gasteiger partial charge >= 0.3 is 0 Å². The Kier molecular flexibility index (Phi) is 11.8. The molecule has 0 bridgehead atoms. The third kappa shape index (κ3) is 16.1. The Morgan fingerprint density at radius 1 is 1.33 bits per heavy atom. The SMILES string of the molecule is CC=C(C)CN.CCC=C(C)N. The quantitative estimate of drug-likeness (QED) is 0.624. The van der Waals surface area contributed by atoms with Crippen LogP contribution >= 0.6 is 0 Å². The Balaban J connectivity index is 0. The van der Waals surface area contributed by atoms with Crippen LogP contribution in [0.1, 0.15) is 34.1 Å². The topological polar surface area (TPSA) is 52.0 Å². The zero-order chi connectivity index (χ0) is 9.98. The van der Waals surface area contributed by atoms with Gasteiger partial charge in [0.25, 0.3) is 0 Å². The molecule has 0 aliphatic carbocycles. The van der Waals surface area contributed by atoms with Crippen LogP contribution in [0, 0.1) is 0 Å². The smallest absolute Gasteiger partial charge is 0.0133 e. The van der Waals surface area contributed by atoms with Crippen molar-refractivity contribution in [2.75, 3.05) is 6.54 Å². The van der Waals surface area contributed by atoms with Gasteiger partial charge in [0.2, 0.25) is 0 Å². The van der Waals surface area contributed by atoms with Gasteiger partial charge < -0.3 is 11.5 Å². The Hall–Kier alpha value is -0.760. The van der Waals surface area contributed by atoms with Gasteiger partial charge in [0.15, 0.2) is 0 Å². The van der Waals surface area contributed by atoms with Crippen molar-refractivity contribution in [3.05, 3.63) is 23.4 Å². The van der Waals surface area contributed by atoms with E-state index >= 15 is 0 Å². The molecule has 72 valence electrons. The largest absolute Gasteiger partial charge is 0.403 e. The lowest BCUT2D eigenvalue weighted by Crippen LogP contribution is -1.98. The van der Waals surface area contributed by atoms with Gasteiger partial charge in [-0.15, -0.1) is 0 Å². The standard InChI is InChI=1S/2C5H11N/c1-3-5(2)4-6;1-3-4-5(2)6/h3H,4,6H2,1-2H3;4H,3,6H2,1-2H3. The lowest BCUT2D eigenvalue weighted by atomic mass is 10.3. The van der Waals surface area contributed by atoms with Crippen LogP contribution in [-0.4, -0.2) is 6.54 Å². The predicted molar refractivity (Wildman–Crippen MR) is 56.7 cm³/mol. The monoisotopic (exact) mass is 170 g/mol. The van der Waals surface area contributed by atoms with Crippen molar-refractivity contribution < 1.29 is 0 Å². The van der Waals surface area contributed by atoms with Crippen molar-refractivity contribution in [1.29, 1.82) is 0 Å². The molecule has 0 fully saturated rings. The van der Waals surface area contributed by atoms with Gasteiger partial charge in [0.1, 0.15) is 0 Å². The number of allylic oxidation sites excluding steroid dienone is 3. The van der Waals surface area contributed by atoms with E-state index in [1.165, 1.54) is 5.57 Å². The van der Waals surface area contributed by atoms with Crippen molar-refractivity contribution in [3.8, 4) is 0 Å². The summed E-state index contributed by atoms with van der Waals surface area (Å²) < 4.78 is 0. The fourth-order valence-electron chi connectivity index (χ4n) is 0.440. The fraction of sp³-hybridized carbons (Fsp3) is 0.600. The molecule has 4 N–H and O–H groups in total. The second-order valence-corrected chi connectivity index (χ2v) is 2.70. The van der Waals surface area contributed by atoms with Crippen molar-refractivity contribution in [2.24, 2.45) is 11.5 Å². The van der Waals surface area contributed by atoms with Crippen LogP contribution in [0.5, 0.6) is 0 Å². The summed E-state index contributed by atoms with van der Waals surface area (Å²) in [6.07, 6.45) is 5.04. The fourth-order valence-corrected chi connectivity index (χ4v) is 0.440. The normalized spacial score (nSPS) is 12.1. The maximum atomic E-state index is 5.26. The van der Waals surface area contributed by atoms with Gasteiger partial charge in [-0.1, -0.05) is 24.6 Å². The van der Waals surface area contributed by atoms with E-state index in [1.54, 1.807) is 0 Å². The highest BCUT2D eigenvalue weighted by atomic mass is 14.5. The molecule has 0 aromatic carbocycles. The second-order valence-electron chi connectivity index (χ2n) is 2.70. The summed E-state index contributed by atoms with van der Waals surface area (Å²) in [7, 11) is 0. The molecule has 0 heterocycles. The average Bonchev–Trinajstić information content (AvgIpc) is 2.04. The van der Waals surface area contributed by atoms with Crippen molar-refractivity contribution in [1.82, 2.24) is 0 Å². The summed E-state index contributed by atoms with van der Waals surface area (Å²) in [4.78, 5) is 0. The minimum atomic E-state index is 0.691. The first-order chi connectivity index (χ1) is 5.58. The van der Waals surface area contributed by atoms with E-state index in [9.17, 15) is 0 Å². The van der Waals surface area contributed by atoms with Crippen LogP contribution in [0.2, 0.25) is 0 Å². The third-order valence-corrected chi connectivity index (χ3v) is 1.34. The first-order valence-corrected chi connectivity index (χ1v) is 4.32. The van der Waals surface area contributed by atoms with Crippen LogP contribution in [0.3, 0.4) is 0 Å².